The summed E-state index contributed by atoms with van der Waals surface area (Å²) >= 11 is 6.36. The predicted octanol–water partition coefficient (Wildman–Crippen LogP) is 6.21. The van der Waals surface area contributed by atoms with Crippen LogP contribution in [0.15, 0.2) is 60.7 Å². The second kappa shape index (κ2) is 12.9. The van der Waals surface area contributed by atoms with Gasteiger partial charge in [-0.25, -0.2) is 4.72 Å². The van der Waals surface area contributed by atoms with Crippen LogP contribution in [0, 0.1) is 5.41 Å². The molecular weight excluding hydrogens is 686 g/mol. The maximum absolute atomic E-state index is 15.0. The average Bonchev–Trinajstić information content (AvgIpc) is 3.81. The van der Waals surface area contributed by atoms with Gasteiger partial charge in [0.1, 0.15) is 5.75 Å². The number of halogens is 1. The number of fused-ring (bicyclic) bond motifs is 7. The average molecular weight is 730 g/mol. The maximum Gasteiger partial charge on any atom is 0.303 e. The lowest BCUT2D eigenvalue weighted by Gasteiger charge is -2.36. The van der Waals surface area contributed by atoms with Crippen molar-refractivity contribution < 1.29 is 22.7 Å². The van der Waals surface area contributed by atoms with Crippen LogP contribution in [0.3, 0.4) is 0 Å². The fraction of sp³-hybridized carbons (Fsp3) is 0.436. The number of ether oxygens (including phenoxy) is 1. The van der Waals surface area contributed by atoms with Gasteiger partial charge in [0.05, 0.1) is 18.2 Å². The Hall–Kier alpha value is -3.90. The Balaban J connectivity index is 1.27. The van der Waals surface area contributed by atoms with Crippen molar-refractivity contribution in [1.82, 2.24) is 23.8 Å². The molecular formula is C39H44ClN5O5S. The zero-order valence-corrected chi connectivity index (χ0v) is 30.8. The number of hydrogen-bond acceptors (Lipinski definition) is 6. The highest BCUT2D eigenvalue weighted by atomic mass is 35.5. The number of piperazine rings is 1. The molecule has 3 fully saturated rings. The maximum atomic E-state index is 15.0. The molecule has 51 heavy (non-hydrogen) atoms. The number of nitrogens with zero attached hydrogens (tertiary/aromatic N) is 3. The van der Waals surface area contributed by atoms with E-state index in [1.807, 2.05) is 47.4 Å². The van der Waals surface area contributed by atoms with Crippen molar-refractivity contribution in [2.45, 2.75) is 62.9 Å². The first-order valence-corrected chi connectivity index (χ1v) is 19.7. The summed E-state index contributed by atoms with van der Waals surface area (Å²) in [5.41, 5.74) is 6.05. The molecule has 8 rings (SSSR count). The molecule has 3 heterocycles. The quantitative estimate of drug-likeness (QED) is 0.234. The van der Waals surface area contributed by atoms with Gasteiger partial charge in [-0.1, -0.05) is 49.1 Å². The summed E-state index contributed by atoms with van der Waals surface area (Å²) in [4.78, 5) is 30.5. The zero-order chi connectivity index (χ0) is 35.7. The molecule has 268 valence electrons. The molecule has 2 aliphatic carbocycles. The molecule has 2 aliphatic heterocycles. The van der Waals surface area contributed by atoms with Gasteiger partial charge in [0, 0.05) is 79.3 Å². The van der Waals surface area contributed by atoms with Crippen LogP contribution < -0.4 is 14.8 Å². The molecule has 3 atom stereocenters. The molecule has 0 bridgehead atoms. The van der Waals surface area contributed by atoms with E-state index in [-0.39, 0.29) is 23.4 Å². The fourth-order valence-corrected chi connectivity index (χ4v) is 9.62. The molecule has 4 aromatic rings. The SMILES string of the molecule is COc1ccc2c(c1)C1CC1(C(=O)N1CCNC(c3cccc(Cl)c3)C1)Cn1c-2c(C2CCCCC2)c2ccc(C(=O)NS(=O)(=O)N(C)C)cc21. The molecule has 3 aromatic carbocycles. The third kappa shape index (κ3) is 5.92. The van der Waals surface area contributed by atoms with E-state index < -0.39 is 21.5 Å². The molecule has 12 heteroatoms. The van der Waals surface area contributed by atoms with Crippen LogP contribution in [0.5, 0.6) is 5.75 Å². The highest BCUT2D eigenvalue weighted by Crippen LogP contribution is 2.66. The van der Waals surface area contributed by atoms with Gasteiger partial charge in [0.15, 0.2) is 0 Å². The third-order valence-electron chi connectivity index (χ3n) is 11.6. The summed E-state index contributed by atoms with van der Waals surface area (Å²) in [5, 5.41) is 5.30. The van der Waals surface area contributed by atoms with Gasteiger partial charge in [0.25, 0.3) is 5.91 Å². The van der Waals surface area contributed by atoms with E-state index in [9.17, 15) is 13.2 Å². The number of methoxy groups -OCH3 is 1. The Morgan fingerprint density at radius 2 is 1.84 bits per heavy atom. The number of aromatic nitrogens is 1. The van der Waals surface area contributed by atoms with Gasteiger partial charge < -0.3 is 19.5 Å². The smallest absolute Gasteiger partial charge is 0.303 e. The number of carbonyl (C=O) groups is 2. The molecule has 0 spiro atoms. The van der Waals surface area contributed by atoms with Crippen LogP contribution in [0.1, 0.15) is 83.5 Å². The summed E-state index contributed by atoms with van der Waals surface area (Å²) in [6, 6.07) is 19.5. The van der Waals surface area contributed by atoms with Crippen molar-refractivity contribution in [3.05, 3.63) is 87.9 Å². The number of benzene rings is 3. The van der Waals surface area contributed by atoms with E-state index in [0.717, 1.165) is 69.0 Å². The van der Waals surface area contributed by atoms with Gasteiger partial charge in [0.2, 0.25) is 5.91 Å². The van der Waals surface area contributed by atoms with Crippen LogP contribution in [-0.4, -0.2) is 74.8 Å². The van der Waals surface area contributed by atoms with Gasteiger partial charge in [-0.15, -0.1) is 0 Å². The summed E-state index contributed by atoms with van der Waals surface area (Å²) in [5.74, 6) is 0.529. The molecule has 2 N–H and O–H groups in total. The molecule has 0 radical (unpaired) electrons. The summed E-state index contributed by atoms with van der Waals surface area (Å²) < 4.78 is 36.5. The summed E-state index contributed by atoms with van der Waals surface area (Å²) in [7, 11) is 0.447. The summed E-state index contributed by atoms with van der Waals surface area (Å²) in [6.07, 6.45) is 6.36. The van der Waals surface area contributed by atoms with E-state index in [2.05, 4.69) is 26.7 Å². The largest absolute Gasteiger partial charge is 0.497 e. The van der Waals surface area contributed by atoms with Crippen LogP contribution in [-0.2, 0) is 21.5 Å². The Morgan fingerprint density at radius 1 is 1.04 bits per heavy atom. The minimum Gasteiger partial charge on any atom is -0.497 e. The minimum atomic E-state index is -3.99. The van der Waals surface area contributed by atoms with Crippen LogP contribution in [0.2, 0.25) is 5.02 Å². The molecule has 1 aromatic heterocycles. The topological polar surface area (TPSA) is 113 Å². The number of amides is 2. The number of carbonyl (C=O) groups excluding carboxylic acids is 2. The van der Waals surface area contributed by atoms with Crippen molar-refractivity contribution in [2.24, 2.45) is 5.41 Å². The van der Waals surface area contributed by atoms with Gasteiger partial charge in [-0.3, -0.25) is 9.59 Å². The zero-order valence-electron chi connectivity index (χ0n) is 29.2. The van der Waals surface area contributed by atoms with Crippen molar-refractivity contribution in [1.29, 1.82) is 0 Å². The summed E-state index contributed by atoms with van der Waals surface area (Å²) in [6.45, 7) is 2.27. The second-order valence-electron chi connectivity index (χ2n) is 14.8. The second-order valence-corrected chi connectivity index (χ2v) is 17.1. The number of nitrogens with one attached hydrogen (secondary N) is 2. The molecule has 4 aliphatic rings. The predicted molar refractivity (Wildman–Crippen MR) is 198 cm³/mol. The normalized spacial score (nSPS) is 23.3. The molecule has 10 nitrogen and oxygen atoms in total. The van der Waals surface area contributed by atoms with Crippen molar-refractivity contribution >= 4 is 44.5 Å². The highest BCUT2D eigenvalue weighted by Gasteiger charge is 2.64. The molecule has 1 saturated heterocycles. The van der Waals surface area contributed by atoms with E-state index in [4.69, 9.17) is 16.3 Å². The number of hydrogen-bond donors (Lipinski definition) is 2. The highest BCUT2D eigenvalue weighted by molar-refractivity contribution is 7.87. The van der Waals surface area contributed by atoms with E-state index in [1.165, 1.54) is 26.1 Å². The fourth-order valence-electron chi connectivity index (χ4n) is 8.89. The van der Waals surface area contributed by atoms with Crippen molar-refractivity contribution in [3.8, 4) is 17.0 Å². The Labute approximate surface area is 304 Å². The van der Waals surface area contributed by atoms with Gasteiger partial charge in [-0.05, 0) is 84.3 Å². The van der Waals surface area contributed by atoms with Crippen molar-refractivity contribution in [2.75, 3.05) is 40.8 Å². The molecule has 2 saturated carbocycles. The monoisotopic (exact) mass is 729 g/mol. The first-order valence-electron chi connectivity index (χ1n) is 17.9. The van der Waals surface area contributed by atoms with E-state index in [0.29, 0.717) is 43.5 Å². The van der Waals surface area contributed by atoms with Crippen LogP contribution in [0.25, 0.3) is 22.2 Å². The lowest BCUT2D eigenvalue weighted by molar-refractivity contribution is -0.139. The van der Waals surface area contributed by atoms with Gasteiger partial charge in [-0.2, -0.15) is 12.7 Å². The Kier molecular flexibility index (Phi) is 8.68. The molecule has 2 amide bonds. The lowest BCUT2D eigenvalue weighted by atomic mass is 9.81. The first-order chi connectivity index (χ1) is 24.5. The van der Waals surface area contributed by atoms with Crippen LogP contribution >= 0.6 is 11.6 Å². The third-order valence-corrected chi connectivity index (χ3v) is 13.3. The standard InChI is InChI=1S/C39H44ClN5O5S/c1-43(2)51(48,49)42-37(46)26-12-14-30-34(19-26)45-23-39(38(47)44-17-16-41-33(22-44)25-10-7-11-27(40)18-25)21-32(39)31-20-28(50-3)13-15-29(31)36(45)35(30)24-8-5-4-6-9-24/h7,10-15,18-20,24,32-33,41H,4-6,8-9,16-17,21-23H2,1-3H3,(H,42,46). The molecule has 3 unspecified atom stereocenters. The van der Waals surface area contributed by atoms with Crippen molar-refractivity contribution in [3.63, 3.8) is 0 Å². The Morgan fingerprint density at radius 3 is 2.59 bits per heavy atom. The van der Waals surface area contributed by atoms with E-state index in [1.54, 1.807) is 13.2 Å². The van der Waals surface area contributed by atoms with Gasteiger partial charge >= 0.3 is 10.2 Å². The van der Waals surface area contributed by atoms with E-state index >= 15 is 4.79 Å². The Bertz CT molecular complexity index is 2160. The number of rotatable bonds is 7. The lowest BCUT2D eigenvalue weighted by Crippen LogP contribution is -2.51. The van der Waals surface area contributed by atoms with Crippen LogP contribution in [0.4, 0.5) is 0 Å². The first kappa shape index (κ1) is 34.2. The minimum absolute atomic E-state index is 0.000442.